The van der Waals surface area contributed by atoms with Gasteiger partial charge in [0.25, 0.3) is 0 Å². The highest BCUT2D eigenvalue weighted by atomic mass is 32.1. The van der Waals surface area contributed by atoms with Crippen LogP contribution in [-0.4, -0.2) is 19.6 Å². The highest BCUT2D eigenvalue weighted by Gasteiger charge is 2.41. The van der Waals surface area contributed by atoms with Gasteiger partial charge in [-0.15, -0.1) is 11.3 Å². The fourth-order valence-corrected chi connectivity index (χ4v) is 4.83. The molecule has 3 heterocycles. The van der Waals surface area contributed by atoms with Crippen molar-refractivity contribution in [2.24, 2.45) is 5.92 Å². The number of nitrogens with zero attached hydrogens (tertiary/aromatic N) is 3. The van der Waals surface area contributed by atoms with Gasteiger partial charge in [0.2, 0.25) is 0 Å². The van der Waals surface area contributed by atoms with E-state index in [1.54, 1.807) is 11.3 Å². The molecule has 0 amide bonds. The Morgan fingerprint density at radius 3 is 3.14 bits per heavy atom. The summed E-state index contributed by atoms with van der Waals surface area (Å²) in [6.45, 7) is 0. The zero-order chi connectivity index (χ0) is 14.7. The average molecular weight is 309 g/mol. The van der Waals surface area contributed by atoms with Crippen molar-refractivity contribution < 1.29 is 5.11 Å². The van der Waals surface area contributed by atoms with Crippen LogP contribution in [-0.2, 0) is 6.42 Å². The molecule has 1 aliphatic heterocycles. The minimum atomic E-state index is -0.499. The van der Waals surface area contributed by atoms with E-state index in [-0.39, 0.29) is 12.0 Å². The molecule has 2 aromatic heterocycles. The van der Waals surface area contributed by atoms with E-state index in [0.29, 0.717) is 0 Å². The van der Waals surface area contributed by atoms with Crippen molar-refractivity contribution in [2.75, 3.05) is 0 Å². The van der Waals surface area contributed by atoms with Crippen LogP contribution in [0.2, 0.25) is 0 Å². The maximum atomic E-state index is 10.9. The third-order valence-electron chi connectivity index (χ3n) is 4.99. The number of aryl methyl sites for hydroxylation is 1. The van der Waals surface area contributed by atoms with Gasteiger partial charge in [-0.05, 0) is 18.4 Å². The fourth-order valence-electron chi connectivity index (χ4n) is 4.01. The van der Waals surface area contributed by atoms with Crippen LogP contribution in [0.4, 0.5) is 0 Å². The van der Waals surface area contributed by atoms with Crippen molar-refractivity contribution >= 4 is 11.3 Å². The molecule has 1 aromatic carbocycles. The van der Waals surface area contributed by atoms with Gasteiger partial charge in [0, 0.05) is 16.4 Å². The first-order valence-electron chi connectivity index (χ1n) is 7.56. The Kier molecular flexibility index (Phi) is 2.57. The van der Waals surface area contributed by atoms with Gasteiger partial charge in [-0.2, -0.15) is 0 Å². The summed E-state index contributed by atoms with van der Waals surface area (Å²) < 4.78 is 2.22. The summed E-state index contributed by atoms with van der Waals surface area (Å²) in [4.78, 5) is 9.95. The standard InChI is InChI=1S/C17H15N3OS/c21-17-12(5-6-14-15(17)19-9-22-14)16-11-4-2-1-3-10(11)13-7-18-8-20(13)16/h1-4,7-9,12,16-17,21H,5-6H2/t12-,16?,17-/m0/s1. The van der Waals surface area contributed by atoms with Crippen LogP contribution in [0.1, 0.15) is 34.7 Å². The Labute approximate surface area is 132 Å². The van der Waals surface area contributed by atoms with E-state index in [1.165, 1.54) is 16.0 Å². The molecule has 0 spiro atoms. The molecule has 0 radical (unpaired) electrons. The molecule has 3 atom stereocenters. The Bertz CT molecular complexity index is 853. The third kappa shape index (κ3) is 1.55. The number of aromatic nitrogens is 3. The quantitative estimate of drug-likeness (QED) is 0.751. The molecule has 2 aliphatic rings. The number of thiazole rings is 1. The van der Waals surface area contributed by atoms with E-state index in [2.05, 4.69) is 38.8 Å². The van der Waals surface area contributed by atoms with Crippen LogP contribution >= 0.6 is 11.3 Å². The van der Waals surface area contributed by atoms with Crippen molar-refractivity contribution in [1.82, 2.24) is 14.5 Å². The lowest BCUT2D eigenvalue weighted by Gasteiger charge is -2.33. The first-order chi connectivity index (χ1) is 10.8. The van der Waals surface area contributed by atoms with Crippen LogP contribution in [0, 0.1) is 5.92 Å². The monoisotopic (exact) mass is 309 g/mol. The molecule has 1 aliphatic carbocycles. The van der Waals surface area contributed by atoms with E-state index in [4.69, 9.17) is 0 Å². The lowest BCUT2D eigenvalue weighted by atomic mass is 9.80. The molecule has 110 valence electrons. The molecule has 0 fully saturated rings. The van der Waals surface area contributed by atoms with Gasteiger partial charge in [-0.3, -0.25) is 0 Å². The van der Waals surface area contributed by atoms with E-state index in [1.807, 2.05) is 18.0 Å². The highest BCUT2D eigenvalue weighted by Crippen LogP contribution is 2.49. The van der Waals surface area contributed by atoms with Crippen molar-refractivity contribution in [3.05, 3.63) is 58.4 Å². The number of benzene rings is 1. The number of aliphatic hydroxyl groups is 1. The Morgan fingerprint density at radius 1 is 1.27 bits per heavy atom. The molecule has 1 unspecified atom stereocenters. The van der Waals surface area contributed by atoms with Gasteiger partial charge in [-0.25, -0.2) is 9.97 Å². The molecule has 1 N–H and O–H groups in total. The smallest absolute Gasteiger partial charge is 0.102 e. The summed E-state index contributed by atoms with van der Waals surface area (Å²) >= 11 is 1.66. The summed E-state index contributed by atoms with van der Waals surface area (Å²) in [7, 11) is 0. The summed E-state index contributed by atoms with van der Waals surface area (Å²) in [5.41, 5.74) is 6.41. The van der Waals surface area contributed by atoms with E-state index in [9.17, 15) is 5.11 Å². The molecule has 0 saturated heterocycles. The van der Waals surface area contributed by atoms with E-state index < -0.39 is 6.10 Å². The van der Waals surface area contributed by atoms with Crippen LogP contribution in [0.25, 0.3) is 11.3 Å². The molecular weight excluding hydrogens is 294 g/mol. The van der Waals surface area contributed by atoms with Crippen molar-refractivity contribution in [3.63, 3.8) is 0 Å². The molecule has 0 saturated carbocycles. The number of hydrogen-bond acceptors (Lipinski definition) is 4. The first-order valence-corrected chi connectivity index (χ1v) is 8.44. The zero-order valence-electron chi connectivity index (χ0n) is 11.9. The number of imidazole rings is 1. The molecule has 0 bridgehead atoms. The molecule has 22 heavy (non-hydrogen) atoms. The van der Waals surface area contributed by atoms with E-state index in [0.717, 1.165) is 24.2 Å². The Balaban J connectivity index is 1.65. The predicted molar refractivity (Wildman–Crippen MR) is 84.7 cm³/mol. The Morgan fingerprint density at radius 2 is 2.18 bits per heavy atom. The lowest BCUT2D eigenvalue weighted by Crippen LogP contribution is -2.28. The second-order valence-corrected chi connectivity index (χ2v) is 6.97. The van der Waals surface area contributed by atoms with Gasteiger partial charge in [0.15, 0.2) is 0 Å². The normalized spacial score (nSPS) is 25.6. The molecular formula is C17H15N3OS. The lowest BCUT2D eigenvalue weighted by molar-refractivity contribution is 0.0692. The van der Waals surface area contributed by atoms with Gasteiger partial charge in [0.05, 0.1) is 35.5 Å². The topological polar surface area (TPSA) is 50.9 Å². The second kappa shape index (κ2) is 4.51. The minimum Gasteiger partial charge on any atom is -0.386 e. The summed E-state index contributed by atoms with van der Waals surface area (Å²) in [6.07, 6.45) is 5.30. The third-order valence-corrected chi connectivity index (χ3v) is 5.90. The number of hydrogen-bond donors (Lipinski definition) is 1. The Hall–Kier alpha value is -1.98. The van der Waals surface area contributed by atoms with Gasteiger partial charge < -0.3 is 9.67 Å². The van der Waals surface area contributed by atoms with Crippen molar-refractivity contribution in [1.29, 1.82) is 0 Å². The van der Waals surface area contributed by atoms with Crippen molar-refractivity contribution in [2.45, 2.75) is 25.0 Å². The number of rotatable bonds is 1. The predicted octanol–water partition coefficient (Wildman–Crippen LogP) is 3.21. The minimum absolute atomic E-state index is 0.145. The van der Waals surface area contributed by atoms with Crippen LogP contribution in [0.15, 0.2) is 42.3 Å². The zero-order valence-corrected chi connectivity index (χ0v) is 12.7. The molecule has 4 nitrogen and oxygen atoms in total. The second-order valence-electron chi connectivity index (χ2n) is 6.03. The van der Waals surface area contributed by atoms with Crippen LogP contribution < -0.4 is 0 Å². The highest BCUT2D eigenvalue weighted by molar-refractivity contribution is 7.09. The number of aliphatic hydroxyl groups excluding tert-OH is 1. The van der Waals surface area contributed by atoms with Gasteiger partial charge in [0.1, 0.15) is 6.10 Å². The van der Waals surface area contributed by atoms with Gasteiger partial charge in [-0.1, -0.05) is 24.3 Å². The summed E-state index contributed by atoms with van der Waals surface area (Å²) in [5.74, 6) is 0.145. The van der Waals surface area contributed by atoms with E-state index >= 15 is 0 Å². The largest absolute Gasteiger partial charge is 0.386 e. The molecule has 3 aromatic rings. The SMILES string of the molecule is O[C@@H]1c2ncsc2CC[C@H]1C1c2ccccc2-c2cncn21. The maximum absolute atomic E-state index is 10.9. The summed E-state index contributed by atoms with van der Waals surface area (Å²) in [5, 5.41) is 10.9. The maximum Gasteiger partial charge on any atom is 0.102 e. The average Bonchev–Trinajstić information content (AvgIpc) is 3.23. The van der Waals surface area contributed by atoms with Crippen molar-refractivity contribution in [3.8, 4) is 11.3 Å². The number of fused-ring (bicyclic) bond motifs is 4. The van der Waals surface area contributed by atoms with Crippen LogP contribution in [0.3, 0.4) is 0 Å². The van der Waals surface area contributed by atoms with Crippen LogP contribution in [0.5, 0.6) is 0 Å². The van der Waals surface area contributed by atoms with Gasteiger partial charge >= 0.3 is 0 Å². The molecule has 5 rings (SSSR count). The fraction of sp³-hybridized carbons (Fsp3) is 0.294. The first kappa shape index (κ1) is 12.6. The summed E-state index contributed by atoms with van der Waals surface area (Å²) in [6, 6.07) is 8.62. The molecule has 5 heteroatoms.